The summed E-state index contributed by atoms with van der Waals surface area (Å²) in [5.74, 6) is -0.105. The molecule has 1 amide bonds. The number of halogens is 3. The van der Waals surface area contributed by atoms with E-state index < -0.39 is 21.8 Å². The summed E-state index contributed by atoms with van der Waals surface area (Å²) in [7, 11) is -4.07. The van der Waals surface area contributed by atoms with Crippen molar-refractivity contribution < 1.29 is 26.4 Å². The third kappa shape index (κ3) is 6.35. The fraction of sp³-hybridized carbons (Fsp3) is 0.458. The van der Waals surface area contributed by atoms with Crippen molar-refractivity contribution in [3.63, 3.8) is 0 Å². The largest absolute Gasteiger partial charge is 0.416 e. The fourth-order valence-electron chi connectivity index (χ4n) is 4.06. The van der Waals surface area contributed by atoms with E-state index in [1.165, 1.54) is 6.07 Å². The Morgan fingerprint density at radius 3 is 2.27 bits per heavy atom. The topological polar surface area (TPSA) is 66.5 Å². The predicted octanol–water partition coefficient (Wildman–Crippen LogP) is 5.01. The number of amides is 1. The smallest absolute Gasteiger partial charge is 0.349 e. The molecule has 2 aromatic rings. The van der Waals surface area contributed by atoms with Crippen LogP contribution in [0.4, 0.5) is 13.2 Å². The van der Waals surface area contributed by atoms with Crippen LogP contribution in [0.25, 0.3) is 0 Å². The molecule has 1 fully saturated rings. The molecule has 5 nitrogen and oxygen atoms in total. The molecule has 33 heavy (non-hydrogen) atoms. The number of nitrogens with one attached hydrogen (secondary N) is 1. The third-order valence-corrected chi connectivity index (χ3v) is 7.74. The second-order valence-electron chi connectivity index (χ2n) is 8.81. The van der Waals surface area contributed by atoms with Crippen molar-refractivity contribution in [1.82, 2.24) is 9.62 Å². The minimum absolute atomic E-state index is 0.0802. The number of alkyl halides is 3. The van der Waals surface area contributed by atoms with E-state index >= 15 is 0 Å². The van der Waals surface area contributed by atoms with Crippen molar-refractivity contribution in [2.24, 2.45) is 11.8 Å². The van der Waals surface area contributed by atoms with Crippen LogP contribution in [0.2, 0.25) is 0 Å². The molecule has 3 rings (SSSR count). The van der Waals surface area contributed by atoms with Gasteiger partial charge in [-0.15, -0.1) is 0 Å². The van der Waals surface area contributed by atoms with Crippen LogP contribution in [0.15, 0.2) is 59.5 Å². The summed E-state index contributed by atoms with van der Waals surface area (Å²) in [4.78, 5) is 12.6. The number of sulfonamides is 1. The Bertz CT molecular complexity index is 1050. The lowest BCUT2D eigenvalue weighted by molar-refractivity contribution is -0.137. The summed E-state index contributed by atoms with van der Waals surface area (Å²) in [6.45, 7) is 4.33. The summed E-state index contributed by atoms with van der Waals surface area (Å²) >= 11 is 0. The molecule has 0 bridgehead atoms. The molecule has 1 unspecified atom stereocenters. The molecule has 9 heteroatoms. The molecule has 1 heterocycles. The number of hydrogen-bond donors (Lipinski definition) is 1. The van der Waals surface area contributed by atoms with Crippen molar-refractivity contribution in [2.45, 2.75) is 50.2 Å². The van der Waals surface area contributed by atoms with Gasteiger partial charge < -0.3 is 5.32 Å². The number of nitrogens with zero attached hydrogens (tertiary/aromatic N) is 1. The first-order chi connectivity index (χ1) is 15.5. The zero-order valence-electron chi connectivity index (χ0n) is 18.7. The lowest BCUT2D eigenvalue weighted by Crippen LogP contribution is -2.43. The maximum atomic E-state index is 13.0. The Kier molecular flexibility index (Phi) is 7.84. The average molecular weight is 483 g/mol. The quantitative estimate of drug-likeness (QED) is 0.603. The Balaban J connectivity index is 1.65. The van der Waals surface area contributed by atoms with Crippen molar-refractivity contribution >= 4 is 15.9 Å². The highest BCUT2D eigenvalue weighted by Crippen LogP contribution is 2.32. The van der Waals surface area contributed by atoms with Gasteiger partial charge in [0, 0.05) is 19.0 Å². The van der Waals surface area contributed by atoms with Gasteiger partial charge in [-0.05, 0) is 48.9 Å². The highest BCUT2D eigenvalue weighted by molar-refractivity contribution is 7.89. The summed E-state index contributed by atoms with van der Waals surface area (Å²) < 4.78 is 65.9. The highest BCUT2D eigenvalue weighted by Gasteiger charge is 2.35. The van der Waals surface area contributed by atoms with E-state index in [2.05, 4.69) is 19.2 Å². The lowest BCUT2D eigenvalue weighted by atomic mass is 9.93. The first kappa shape index (κ1) is 25.2. The van der Waals surface area contributed by atoms with Crippen molar-refractivity contribution in [2.75, 3.05) is 13.1 Å². The van der Waals surface area contributed by atoms with Crippen molar-refractivity contribution in [3.8, 4) is 0 Å². The van der Waals surface area contributed by atoms with Gasteiger partial charge in [0.2, 0.25) is 15.9 Å². The molecule has 2 aromatic carbocycles. The van der Waals surface area contributed by atoms with Gasteiger partial charge in [-0.3, -0.25) is 4.79 Å². The maximum Gasteiger partial charge on any atom is 0.416 e. The molecular formula is C24H29F3N2O3S. The molecule has 1 atom stereocenters. The number of carbonyl (C=O) groups excluding carboxylic acids is 1. The minimum atomic E-state index is -4.62. The average Bonchev–Trinajstić information content (AvgIpc) is 2.78. The maximum absolute atomic E-state index is 13.0. The zero-order valence-corrected chi connectivity index (χ0v) is 19.5. The summed E-state index contributed by atoms with van der Waals surface area (Å²) in [6, 6.07) is 13.3. The first-order valence-corrected chi connectivity index (χ1v) is 12.4. The van der Waals surface area contributed by atoms with E-state index in [4.69, 9.17) is 0 Å². The van der Waals surface area contributed by atoms with Crippen molar-refractivity contribution in [3.05, 3.63) is 65.7 Å². The molecule has 1 N–H and O–H groups in total. The summed E-state index contributed by atoms with van der Waals surface area (Å²) in [6.07, 6.45) is -3.22. The predicted molar refractivity (Wildman–Crippen MR) is 120 cm³/mol. The van der Waals surface area contributed by atoms with E-state index in [-0.39, 0.29) is 35.9 Å². The van der Waals surface area contributed by atoms with Crippen LogP contribution >= 0.6 is 0 Å². The third-order valence-electron chi connectivity index (χ3n) is 5.85. The molecule has 1 aliphatic heterocycles. The van der Waals surface area contributed by atoms with E-state index in [0.29, 0.717) is 24.8 Å². The Morgan fingerprint density at radius 2 is 1.70 bits per heavy atom. The van der Waals surface area contributed by atoms with Crippen LogP contribution in [0.5, 0.6) is 0 Å². The molecule has 0 aromatic heterocycles. The van der Waals surface area contributed by atoms with Gasteiger partial charge in [0.05, 0.1) is 16.5 Å². The SMILES string of the molecule is CC(C)CC(NC(=O)C1CCN(S(=O)(=O)c2cccc(C(F)(F)F)c2)CC1)c1ccccc1. The standard InChI is InChI=1S/C24H29F3N2O3S/c1-17(2)15-22(18-7-4-3-5-8-18)28-23(30)19-11-13-29(14-12-19)33(31,32)21-10-6-9-20(16-21)24(25,26)27/h3-10,16-17,19,22H,11-15H2,1-2H3,(H,28,30). The van der Waals surface area contributed by atoms with Gasteiger partial charge in [-0.1, -0.05) is 50.2 Å². The minimum Gasteiger partial charge on any atom is -0.349 e. The van der Waals surface area contributed by atoms with Gasteiger partial charge >= 0.3 is 6.18 Å². The van der Waals surface area contributed by atoms with Gasteiger partial charge in [0.15, 0.2) is 0 Å². The Hall–Kier alpha value is -2.39. The van der Waals surface area contributed by atoms with Crippen LogP contribution in [0.3, 0.4) is 0 Å². The van der Waals surface area contributed by atoms with Crippen LogP contribution < -0.4 is 5.32 Å². The monoisotopic (exact) mass is 482 g/mol. The second kappa shape index (κ2) is 10.3. The van der Waals surface area contributed by atoms with E-state index in [1.807, 2.05) is 30.3 Å². The first-order valence-electron chi connectivity index (χ1n) is 11.0. The molecule has 0 aliphatic carbocycles. The number of benzene rings is 2. The molecule has 0 saturated carbocycles. The molecule has 1 aliphatic rings. The van der Waals surface area contributed by atoms with Crippen LogP contribution in [-0.4, -0.2) is 31.7 Å². The van der Waals surface area contributed by atoms with Gasteiger partial charge in [-0.2, -0.15) is 17.5 Å². The molecule has 0 radical (unpaired) electrons. The summed E-state index contributed by atoms with van der Waals surface area (Å²) in [5.41, 5.74) is 0.0130. The van der Waals surface area contributed by atoms with Gasteiger partial charge in [-0.25, -0.2) is 8.42 Å². The lowest BCUT2D eigenvalue weighted by Gasteiger charge is -2.32. The van der Waals surface area contributed by atoms with E-state index in [9.17, 15) is 26.4 Å². The second-order valence-corrected chi connectivity index (χ2v) is 10.7. The number of hydrogen-bond acceptors (Lipinski definition) is 3. The number of piperidine rings is 1. The molecule has 0 spiro atoms. The molecule has 180 valence electrons. The van der Waals surface area contributed by atoms with Crippen molar-refractivity contribution in [1.29, 1.82) is 0 Å². The van der Waals surface area contributed by atoms with Crippen LogP contribution in [0, 0.1) is 11.8 Å². The van der Waals surface area contributed by atoms with E-state index in [0.717, 1.165) is 28.4 Å². The van der Waals surface area contributed by atoms with Crippen LogP contribution in [0.1, 0.15) is 50.3 Å². The van der Waals surface area contributed by atoms with Gasteiger partial charge in [0.1, 0.15) is 0 Å². The number of carbonyl (C=O) groups is 1. The number of rotatable bonds is 7. The van der Waals surface area contributed by atoms with Gasteiger partial charge in [0.25, 0.3) is 0 Å². The summed E-state index contributed by atoms with van der Waals surface area (Å²) in [5, 5.41) is 3.11. The highest BCUT2D eigenvalue weighted by atomic mass is 32.2. The zero-order chi connectivity index (χ0) is 24.2. The van der Waals surface area contributed by atoms with E-state index in [1.54, 1.807) is 0 Å². The normalized spacial score (nSPS) is 17.2. The Labute approximate surface area is 193 Å². The molecule has 1 saturated heterocycles. The fourth-order valence-corrected chi connectivity index (χ4v) is 5.58. The van der Waals surface area contributed by atoms with Crippen LogP contribution in [-0.2, 0) is 21.0 Å². The molecular weight excluding hydrogens is 453 g/mol. The Morgan fingerprint density at radius 1 is 1.06 bits per heavy atom.